The Bertz CT molecular complexity index is 1060. The number of benzene rings is 2. The van der Waals surface area contributed by atoms with E-state index in [1.54, 1.807) is 38.1 Å². The molecule has 1 fully saturated rings. The molecule has 5 nitrogen and oxygen atoms in total. The molecule has 2 amide bonds. The summed E-state index contributed by atoms with van der Waals surface area (Å²) in [7, 11) is 0. The van der Waals surface area contributed by atoms with Gasteiger partial charge in [0.1, 0.15) is 17.5 Å². The third-order valence-corrected chi connectivity index (χ3v) is 6.14. The Morgan fingerprint density at radius 2 is 1.68 bits per heavy atom. The number of ether oxygens (including phenoxy) is 1. The van der Waals surface area contributed by atoms with Crippen LogP contribution in [-0.2, 0) is 16.0 Å². The molecule has 1 heterocycles. The van der Waals surface area contributed by atoms with Gasteiger partial charge in [0.05, 0.1) is 6.61 Å². The molecule has 0 radical (unpaired) electrons. The van der Waals surface area contributed by atoms with Crippen LogP contribution in [0.5, 0.6) is 5.75 Å². The van der Waals surface area contributed by atoms with Crippen molar-refractivity contribution < 1.29 is 27.5 Å². The number of amides is 2. The van der Waals surface area contributed by atoms with Crippen molar-refractivity contribution in [1.82, 2.24) is 4.90 Å². The highest BCUT2D eigenvalue weighted by Crippen LogP contribution is 2.43. The molecule has 0 bridgehead atoms. The molecular formula is C24H25Cl2F3N2O3. The summed E-state index contributed by atoms with van der Waals surface area (Å²) in [6.45, 7) is 6.94. The Labute approximate surface area is 206 Å². The summed E-state index contributed by atoms with van der Waals surface area (Å²) in [5.41, 5.74) is -1.02. The number of carbonyl (C=O) groups is 2. The first-order valence-corrected chi connectivity index (χ1v) is 11.5. The van der Waals surface area contributed by atoms with E-state index in [0.29, 0.717) is 22.8 Å². The minimum absolute atomic E-state index is 0.131. The molecule has 34 heavy (non-hydrogen) atoms. The molecule has 1 aliphatic heterocycles. The maximum Gasteiger partial charge on any atom is 0.471 e. The average molecular weight is 517 g/mol. The van der Waals surface area contributed by atoms with Crippen LogP contribution in [0.2, 0.25) is 10.0 Å². The van der Waals surface area contributed by atoms with Gasteiger partial charge in [-0.1, -0.05) is 49.2 Å². The molecule has 3 rings (SSSR count). The lowest BCUT2D eigenvalue weighted by molar-refractivity contribution is -0.192. The van der Waals surface area contributed by atoms with Gasteiger partial charge in [-0.2, -0.15) is 13.2 Å². The van der Waals surface area contributed by atoms with Gasteiger partial charge in [0.2, 0.25) is 0 Å². The van der Waals surface area contributed by atoms with Gasteiger partial charge in [0.25, 0.3) is 5.91 Å². The standard InChI is InChI=1S/C24H25Cl2F3N2O3/c1-5-34-19-8-6-15(7-9-19)13-23(4)21(32)30(18-11-16(25)10-17(26)12-18)20(14(2)3)31(23)22(33)24(27,28)29/h6-12,14,20H,5,13H2,1-4H3. The van der Waals surface area contributed by atoms with E-state index in [9.17, 15) is 22.8 Å². The predicted molar refractivity (Wildman–Crippen MR) is 125 cm³/mol. The summed E-state index contributed by atoms with van der Waals surface area (Å²) in [5, 5.41) is 0.429. The number of alkyl halides is 3. The summed E-state index contributed by atoms with van der Waals surface area (Å²) in [4.78, 5) is 28.4. The van der Waals surface area contributed by atoms with Crippen LogP contribution in [0.25, 0.3) is 0 Å². The van der Waals surface area contributed by atoms with Crippen LogP contribution >= 0.6 is 23.2 Å². The van der Waals surface area contributed by atoms with Gasteiger partial charge >= 0.3 is 12.1 Å². The Morgan fingerprint density at radius 3 is 2.15 bits per heavy atom. The second-order valence-electron chi connectivity index (χ2n) is 8.66. The van der Waals surface area contributed by atoms with Gasteiger partial charge in [-0.15, -0.1) is 0 Å². The zero-order valence-electron chi connectivity index (χ0n) is 19.1. The number of halogens is 5. The predicted octanol–water partition coefficient (Wildman–Crippen LogP) is 6.11. The Kier molecular flexibility index (Phi) is 7.43. The first kappa shape index (κ1) is 26.2. The smallest absolute Gasteiger partial charge is 0.471 e. The normalized spacial score (nSPS) is 20.9. The van der Waals surface area contributed by atoms with Crippen molar-refractivity contribution in [2.45, 2.75) is 52.0 Å². The molecule has 2 aromatic carbocycles. The zero-order valence-corrected chi connectivity index (χ0v) is 20.6. The molecule has 0 N–H and O–H groups in total. The van der Waals surface area contributed by atoms with Gasteiger partial charge in [-0.3, -0.25) is 19.4 Å². The maximum absolute atomic E-state index is 13.8. The molecule has 2 unspecified atom stereocenters. The fraction of sp³-hybridized carbons (Fsp3) is 0.417. The first-order chi connectivity index (χ1) is 15.8. The molecule has 184 valence electrons. The lowest BCUT2D eigenvalue weighted by Gasteiger charge is -2.38. The van der Waals surface area contributed by atoms with Gasteiger partial charge in [0, 0.05) is 22.2 Å². The van der Waals surface area contributed by atoms with E-state index in [0.717, 1.165) is 0 Å². The van der Waals surface area contributed by atoms with Crippen LogP contribution in [0.4, 0.5) is 18.9 Å². The van der Waals surface area contributed by atoms with Crippen LogP contribution in [-0.4, -0.2) is 41.2 Å². The monoisotopic (exact) mass is 516 g/mol. The van der Waals surface area contributed by atoms with E-state index < -0.39 is 35.6 Å². The molecule has 2 atom stereocenters. The van der Waals surface area contributed by atoms with Crippen molar-refractivity contribution >= 4 is 40.7 Å². The zero-order chi connectivity index (χ0) is 25.4. The molecule has 0 spiro atoms. The van der Waals surface area contributed by atoms with Crippen molar-refractivity contribution in [1.29, 1.82) is 0 Å². The second-order valence-corrected chi connectivity index (χ2v) is 9.53. The molecule has 2 aromatic rings. The molecule has 0 aliphatic carbocycles. The largest absolute Gasteiger partial charge is 0.494 e. The van der Waals surface area contributed by atoms with E-state index in [4.69, 9.17) is 27.9 Å². The maximum atomic E-state index is 13.8. The highest BCUT2D eigenvalue weighted by atomic mass is 35.5. The number of hydrogen-bond donors (Lipinski definition) is 0. The Morgan fingerprint density at radius 1 is 1.12 bits per heavy atom. The van der Waals surface area contributed by atoms with Gasteiger partial charge in [-0.25, -0.2) is 0 Å². The Balaban J connectivity index is 2.16. The van der Waals surface area contributed by atoms with Crippen LogP contribution in [0.3, 0.4) is 0 Å². The molecule has 0 saturated carbocycles. The van der Waals surface area contributed by atoms with Crippen LogP contribution in [0.1, 0.15) is 33.3 Å². The van der Waals surface area contributed by atoms with Crippen molar-refractivity contribution in [3.05, 3.63) is 58.1 Å². The van der Waals surface area contributed by atoms with E-state index in [-0.39, 0.29) is 22.2 Å². The van der Waals surface area contributed by atoms with E-state index in [1.165, 1.54) is 30.0 Å². The van der Waals surface area contributed by atoms with Gasteiger partial charge < -0.3 is 4.74 Å². The topological polar surface area (TPSA) is 49.9 Å². The quantitative estimate of drug-likeness (QED) is 0.465. The highest BCUT2D eigenvalue weighted by molar-refractivity contribution is 6.35. The summed E-state index contributed by atoms with van der Waals surface area (Å²) < 4.78 is 46.7. The van der Waals surface area contributed by atoms with Gasteiger partial charge in [-0.05, 0) is 55.7 Å². The molecule has 1 aliphatic rings. The molecule has 1 saturated heterocycles. The number of rotatable bonds is 6. The van der Waals surface area contributed by atoms with Crippen molar-refractivity contribution in [3.63, 3.8) is 0 Å². The molecule has 10 heteroatoms. The molecular weight excluding hydrogens is 492 g/mol. The number of hydrogen-bond acceptors (Lipinski definition) is 3. The first-order valence-electron chi connectivity index (χ1n) is 10.7. The van der Waals surface area contributed by atoms with Crippen molar-refractivity contribution in [2.75, 3.05) is 11.5 Å². The van der Waals surface area contributed by atoms with Crippen molar-refractivity contribution in [2.24, 2.45) is 5.92 Å². The second kappa shape index (κ2) is 9.66. The lowest BCUT2D eigenvalue weighted by Crippen LogP contribution is -2.58. The fourth-order valence-corrected chi connectivity index (χ4v) is 4.86. The van der Waals surface area contributed by atoms with Crippen LogP contribution in [0, 0.1) is 5.92 Å². The van der Waals surface area contributed by atoms with E-state index in [2.05, 4.69) is 0 Å². The summed E-state index contributed by atoms with van der Waals surface area (Å²) in [5.74, 6) is -2.68. The summed E-state index contributed by atoms with van der Waals surface area (Å²) in [6.07, 6.45) is -6.51. The lowest BCUT2D eigenvalue weighted by atomic mass is 9.90. The SMILES string of the molecule is CCOc1ccc(CC2(C)C(=O)N(c3cc(Cl)cc(Cl)c3)C(C(C)C)N2C(=O)C(F)(F)F)cc1. The number of anilines is 1. The van der Waals surface area contributed by atoms with E-state index in [1.807, 2.05) is 6.92 Å². The van der Waals surface area contributed by atoms with Gasteiger partial charge in [0.15, 0.2) is 0 Å². The third kappa shape index (κ3) is 4.98. The minimum atomic E-state index is -5.17. The van der Waals surface area contributed by atoms with E-state index >= 15 is 0 Å². The molecule has 0 aromatic heterocycles. The summed E-state index contributed by atoms with van der Waals surface area (Å²) in [6, 6.07) is 11.0. The average Bonchev–Trinajstić information content (AvgIpc) is 2.95. The van der Waals surface area contributed by atoms with Crippen LogP contribution in [0.15, 0.2) is 42.5 Å². The number of carbonyl (C=O) groups excluding carboxylic acids is 2. The summed E-state index contributed by atoms with van der Waals surface area (Å²) >= 11 is 12.2. The van der Waals surface area contributed by atoms with Crippen LogP contribution < -0.4 is 9.64 Å². The number of nitrogens with zero attached hydrogens (tertiary/aromatic N) is 2. The highest BCUT2D eigenvalue weighted by Gasteiger charge is 2.62. The van der Waals surface area contributed by atoms with Crippen molar-refractivity contribution in [3.8, 4) is 5.75 Å². The third-order valence-electron chi connectivity index (χ3n) is 5.71. The minimum Gasteiger partial charge on any atom is -0.494 e. The Hall–Kier alpha value is -2.45. The fourth-order valence-electron chi connectivity index (χ4n) is 4.34.